The van der Waals surface area contributed by atoms with E-state index >= 15 is 0 Å². The predicted octanol–water partition coefficient (Wildman–Crippen LogP) is 3.41. The van der Waals surface area contributed by atoms with E-state index in [0.29, 0.717) is 13.0 Å². The van der Waals surface area contributed by atoms with Crippen molar-refractivity contribution >= 4 is 22.5 Å². The van der Waals surface area contributed by atoms with Crippen LogP contribution in [0.2, 0.25) is 0 Å². The Morgan fingerprint density at radius 1 is 1.15 bits per heavy atom. The Hall–Kier alpha value is -2.16. The third kappa shape index (κ3) is 3.67. The molecule has 0 saturated heterocycles. The fourth-order valence-electron chi connectivity index (χ4n) is 2.18. The maximum Gasteiger partial charge on any atom is 0.311 e. The number of ether oxygens (including phenoxy) is 1. The Morgan fingerprint density at radius 3 is 2.60 bits per heavy atom. The van der Waals surface area contributed by atoms with Crippen LogP contribution in [0.4, 0.5) is 0 Å². The molecule has 0 heterocycles. The molecule has 0 aromatic heterocycles. The minimum Gasteiger partial charge on any atom is -0.466 e. The molecule has 2 rings (SSSR count). The number of rotatable bonds is 5. The maximum absolute atomic E-state index is 11.5. The van der Waals surface area contributed by atoms with E-state index in [0.717, 1.165) is 11.3 Å². The summed E-state index contributed by atoms with van der Waals surface area (Å²) in [4.78, 5) is 15.7. The molecule has 104 valence electrons. The Balaban J connectivity index is 2.11. The Kier molecular flexibility index (Phi) is 4.88. The molecule has 0 N–H and O–H groups in total. The van der Waals surface area contributed by atoms with Gasteiger partial charge in [0.15, 0.2) is 0 Å². The summed E-state index contributed by atoms with van der Waals surface area (Å²) in [5.74, 6) is -0.214. The van der Waals surface area contributed by atoms with E-state index in [4.69, 9.17) is 4.74 Å². The van der Waals surface area contributed by atoms with Crippen LogP contribution in [-0.2, 0) is 16.0 Å². The molecule has 3 heteroatoms. The molecule has 0 aliphatic rings. The molecule has 0 bridgehead atoms. The lowest BCUT2D eigenvalue weighted by Crippen LogP contribution is -2.13. The lowest BCUT2D eigenvalue weighted by atomic mass is 10.0. The van der Waals surface area contributed by atoms with Crippen molar-refractivity contribution in [3.63, 3.8) is 0 Å². The summed E-state index contributed by atoms with van der Waals surface area (Å²) in [5.41, 5.74) is 2.01. The smallest absolute Gasteiger partial charge is 0.311 e. The van der Waals surface area contributed by atoms with Gasteiger partial charge in [-0.3, -0.25) is 9.79 Å². The van der Waals surface area contributed by atoms with Crippen LogP contribution in [0.25, 0.3) is 10.8 Å². The summed E-state index contributed by atoms with van der Waals surface area (Å²) >= 11 is 0. The van der Waals surface area contributed by atoms with Crippen LogP contribution >= 0.6 is 0 Å². The average molecular weight is 269 g/mol. The van der Waals surface area contributed by atoms with E-state index in [2.05, 4.69) is 35.3 Å². The normalized spacial score (nSPS) is 11.6. The molecule has 0 atom stereocenters. The van der Waals surface area contributed by atoms with Crippen LogP contribution in [0.5, 0.6) is 0 Å². The molecule has 0 fully saturated rings. The summed E-state index contributed by atoms with van der Waals surface area (Å²) in [6.45, 7) is 2.22. The molecule has 2 aromatic rings. The molecule has 0 spiro atoms. The second kappa shape index (κ2) is 6.85. The van der Waals surface area contributed by atoms with Gasteiger partial charge >= 0.3 is 5.97 Å². The van der Waals surface area contributed by atoms with Crippen LogP contribution in [0, 0.1) is 0 Å². The summed E-state index contributed by atoms with van der Waals surface area (Å²) in [6.07, 6.45) is 0.942. The first-order chi connectivity index (χ1) is 9.72. The zero-order chi connectivity index (χ0) is 14.4. The fourth-order valence-corrected chi connectivity index (χ4v) is 2.18. The molecular formula is C17H19NO2. The van der Waals surface area contributed by atoms with Gasteiger partial charge in [-0.1, -0.05) is 42.5 Å². The van der Waals surface area contributed by atoms with Crippen molar-refractivity contribution in [3.05, 3.63) is 48.0 Å². The van der Waals surface area contributed by atoms with Gasteiger partial charge in [-0.15, -0.1) is 0 Å². The predicted molar refractivity (Wildman–Crippen MR) is 82.3 cm³/mol. The molecule has 2 aromatic carbocycles. The number of aliphatic imine (C=N–C) groups is 1. The number of hydrogen-bond acceptors (Lipinski definition) is 3. The zero-order valence-corrected chi connectivity index (χ0v) is 11.9. The Labute approximate surface area is 119 Å². The van der Waals surface area contributed by atoms with E-state index in [1.807, 2.05) is 19.1 Å². The maximum atomic E-state index is 11.5. The average Bonchev–Trinajstić information content (AvgIpc) is 2.46. The Morgan fingerprint density at radius 2 is 1.90 bits per heavy atom. The van der Waals surface area contributed by atoms with Crippen molar-refractivity contribution in [2.45, 2.75) is 19.8 Å². The molecule has 20 heavy (non-hydrogen) atoms. The van der Waals surface area contributed by atoms with Gasteiger partial charge in [0, 0.05) is 19.2 Å². The van der Waals surface area contributed by atoms with Crippen molar-refractivity contribution < 1.29 is 9.53 Å². The van der Waals surface area contributed by atoms with Crippen LogP contribution in [0.3, 0.4) is 0 Å². The van der Waals surface area contributed by atoms with E-state index < -0.39 is 0 Å². The third-order valence-corrected chi connectivity index (χ3v) is 3.19. The molecule has 0 aliphatic heterocycles. The second-order valence-electron chi connectivity index (χ2n) is 4.63. The largest absolute Gasteiger partial charge is 0.466 e. The van der Waals surface area contributed by atoms with Crippen LogP contribution in [0.1, 0.15) is 18.9 Å². The molecule has 0 unspecified atom stereocenters. The molecule has 3 nitrogen and oxygen atoms in total. The minimum atomic E-state index is -0.214. The molecule has 0 radical (unpaired) electrons. The van der Waals surface area contributed by atoms with E-state index in [-0.39, 0.29) is 12.4 Å². The van der Waals surface area contributed by atoms with Crippen molar-refractivity contribution in [2.24, 2.45) is 4.99 Å². The van der Waals surface area contributed by atoms with Crippen molar-refractivity contribution in [3.8, 4) is 0 Å². The Bertz CT molecular complexity index is 632. The number of carbonyl (C=O) groups is 1. The number of hydrogen-bond donors (Lipinski definition) is 0. The number of carbonyl (C=O) groups excluding carboxylic acids is 1. The monoisotopic (exact) mass is 269 g/mol. The van der Waals surface area contributed by atoms with Gasteiger partial charge in [0.1, 0.15) is 0 Å². The minimum absolute atomic E-state index is 0.214. The van der Waals surface area contributed by atoms with E-state index in [9.17, 15) is 4.79 Å². The second-order valence-corrected chi connectivity index (χ2v) is 4.63. The number of fused-ring (bicyclic) bond motifs is 1. The summed E-state index contributed by atoms with van der Waals surface area (Å²) in [6, 6.07) is 14.6. The molecule has 0 amide bonds. The standard InChI is InChI=1S/C17H19NO2/c1-3-20-17(19)12-16(18-2)11-13-8-9-14-6-4-5-7-15(14)10-13/h4-10H,3,11-12H2,1-2H3. The summed E-state index contributed by atoms with van der Waals surface area (Å²) in [5, 5.41) is 2.42. The molecular weight excluding hydrogens is 250 g/mol. The lowest BCUT2D eigenvalue weighted by molar-refractivity contribution is -0.141. The van der Waals surface area contributed by atoms with Crippen molar-refractivity contribution in [2.75, 3.05) is 13.7 Å². The quantitative estimate of drug-likeness (QED) is 0.616. The fraction of sp³-hybridized carbons (Fsp3) is 0.294. The van der Waals surface area contributed by atoms with Crippen LogP contribution in [-0.4, -0.2) is 25.3 Å². The highest BCUT2D eigenvalue weighted by Gasteiger charge is 2.09. The highest BCUT2D eigenvalue weighted by atomic mass is 16.5. The van der Waals surface area contributed by atoms with Gasteiger partial charge in [0.05, 0.1) is 13.0 Å². The number of benzene rings is 2. The van der Waals surface area contributed by atoms with Crippen molar-refractivity contribution in [1.29, 1.82) is 0 Å². The van der Waals surface area contributed by atoms with Gasteiger partial charge in [-0.2, -0.15) is 0 Å². The topological polar surface area (TPSA) is 38.7 Å². The summed E-state index contributed by atoms with van der Waals surface area (Å²) in [7, 11) is 1.72. The molecule has 0 aliphatic carbocycles. The van der Waals surface area contributed by atoms with Gasteiger partial charge in [-0.05, 0) is 23.3 Å². The zero-order valence-electron chi connectivity index (χ0n) is 11.9. The number of esters is 1. The van der Waals surface area contributed by atoms with Crippen LogP contribution in [0.15, 0.2) is 47.5 Å². The van der Waals surface area contributed by atoms with E-state index in [1.165, 1.54) is 10.8 Å². The molecule has 0 saturated carbocycles. The first kappa shape index (κ1) is 14.3. The first-order valence-corrected chi connectivity index (χ1v) is 6.80. The SMILES string of the molecule is CCOC(=O)CC(Cc1ccc2ccccc2c1)=NC. The first-order valence-electron chi connectivity index (χ1n) is 6.80. The van der Waals surface area contributed by atoms with Gasteiger partial charge in [0.25, 0.3) is 0 Å². The van der Waals surface area contributed by atoms with Crippen LogP contribution < -0.4 is 0 Å². The van der Waals surface area contributed by atoms with Gasteiger partial charge in [-0.25, -0.2) is 0 Å². The third-order valence-electron chi connectivity index (χ3n) is 3.19. The van der Waals surface area contributed by atoms with Gasteiger partial charge in [0.2, 0.25) is 0 Å². The van der Waals surface area contributed by atoms with Gasteiger partial charge < -0.3 is 4.74 Å². The summed E-state index contributed by atoms with van der Waals surface area (Å²) < 4.78 is 4.96. The van der Waals surface area contributed by atoms with Crippen molar-refractivity contribution in [1.82, 2.24) is 0 Å². The highest BCUT2D eigenvalue weighted by Crippen LogP contribution is 2.16. The lowest BCUT2D eigenvalue weighted by Gasteiger charge is -2.07. The van der Waals surface area contributed by atoms with E-state index in [1.54, 1.807) is 7.05 Å². The highest BCUT2D eigenvalue weighted by molar-refractivity contribution is 6.00. The number of nitrogens with zero attached hydrogens (tertiary/aromatic N) is 1.